The van der Waals surface area contributed by atoms with Gasteiger partial charge in [-0.25, -0.2) is 4.79 Å². The molecule has 0 radical (unpaired) electrons. The van der Waals surface area contributed by atoms with E-state index in [0.717, 1.165) is 5.56 Å². The van der Waals surface area contributed by atoms with Crippen molar-refractivity contribution in [2.45, 2.75) is 25.8 Å². The Balaban J connectivity index is 2.71. The van der Waals surface area contributed by atoms with Crippen molar-refractivity contribution in [3.63, 3.8) is 0 Å². The molecule has 2 N–H and O–H groups in total. The van der Waals surface area contributed by atoms with E-state index in [0.29, 0.717) is 5.56 Å². The van der Waals surface area contributed by atoms with Crippen molar-refractivity contribution in [2.75, 3.05) is 7.11 Å². The highest BCUT2D eigenvalue weighted by molar-refractivity contribution is 5.97. The normalized spacial score (nSPS) is 11.5. The molecule has 1 amide bonds. The van der Waals surface area contributed by atoms with Crippen LogP contribution < -0.4 is 5.32 Å². The van der Waals surface area contributed by atoms with Crippen LogP contribution in [0.5, 0.6) is 0 Å². The summed E-state index contributed by atoms with van der Waals surface area (Å²) < 4.78 is 4.44. The Morgan fingerprint density at radius 1 is 1.30 bits per heavy atom. The van der Waals surface area contributed by atoms with Crippen LogP contribution in [0, 0.1) is 6.92 Å². The number of hydrogen-bond acceptors (Lipinski definition) is 4. The molecule has 1 aromatic carbocycles. The van der Waals surface area contributed by atoms with E-state index in [-0.39, 0.29) is 12.8 Å². The summed E-state index contributed by atoms with van der Waals surface area (Å²) in [6, 6.07) is 5.74. The predicted octanol–water partition coefficient (Wildman–Crippen LogP) is 1.13. The average Bonchev–Trinajstić information content (AvgIpc) is 2.42. The number of aryl methyl sites for hydroxylation is 1. The van der Waals surface area contributed by atoms with Crippen molar-refractivity contribution in [1.82, 2.24) is 5.32 Å². The number of hydrogen-bond donors (Lipinski definition) is 2. The van der Waals surface area contributed by atoms with Gasteiger partial charge in [0.05, 0.1) is 7.11 Å². The van der Waals surface area contributed by atoms with E-state index in [4.69, 9.17) is 5.11 Å². The SMILES string of the molecule is COC(=O)CC[C@H](NC(=O)c1ccccc1C)C(=O)O. The Bertz CT molecular complexity index is 512. The van der Waals surface area contributed by atoms with E-state index in [1.54, 1.807) is 31.2 Å². The van der Waals surface area contributed by atoms with Crippen molar-refractivity contribution in [3.8, 4) is 0 Å². The number of amides is 1. The third-order valence-corrected chi connectivity index (χ3v) is 2.86. The summed E-state index contributed by atoms with van der Waals surface area (Å²) in [6.07, 6.45) is -0.0822. The van der Waals surface area contributed by atoms with E-state index in [2.05, 4.69) is 10.1 Å². The van der Waals surface area contributed by atoms with Gasteiger partial charge in [0.2, 0.25) is 0 Å². The van der Waals surface area contributed by atoms with Crippen LogP contribution in [-0.2, 0) is 14.3 Å². The second-order valence-electron chi connectivity index (χ2n) is 4.29. The first-order valence-corrected chi connectivity index (χ1v) is 6.11. The average molecular weight is 279 g/mol. The third kappa shape index (κ3) is 4.38. The molecule has 0 bridgehead atoms. The maximum atomic E-state index is 12.0. The fourth-order valence-corrected chi connectivity index (χ4v) is 1.69. The van der Waals surface area contributed by atoms with Crippen molar-refractivity contribution in [2.24, 2.45) is 0 Å². The third-order valence-electron chi connectivity index (χ3n) is 2.86. The zero-order chi connectivity index (χ0) is 15.1. The monoisotopic (exact) mass is 279 g/mol. The van der Waals surface area contributed by atoms with Gasteiger partial charge in [-0.15, -0.1) is 0 Å². The lowest BCUT2D eigenvalue weighted by Gasteiger charge is -2.14. The summed E-state index contributed by atoms with van der Waals surface area (Å²) in [4.78, 5) is 34.1. The van der Waals surface area contributed by atoms with Gasteiger partial charge < -0.3 is 15.2 Å². The van der Waals surface area contributed by atoms with Crippen molar-refractivity contribution in [1.29, 1.82) is 0 Å². The first-order chi connectivity index (χ1) is 9.45. The lowest BCUT2D eigenvalue weighted by atomic mass is 10.1. The Hall–Kier alpha value is -2.37. The van der Waals surface area contributed by atoms with Gasteiger partial charge in [0.1, 0.15) is 6.04 Å². The van der Waals surface area contributed by atoms with Gasteiger partial charge in [-0.1, -0.05) is 18.2 Å². The van der Waals surface area contributed by atoms with E-state index < -0.39 is 23.9 Å². The maximum Gasteiger partial charge on any atom is 0.326 e. The molecular formula is C14H17NO5. The van der Waals surface area contributed by atoms with Crippen LogP contribution in [0.2, 0.25) is 0 Å². The highest BCUT2D eigenvalue weighted by Gasteiger charge is 2.22. The molecule has 0 saturated heterocycles. The molecule has 0 aliphatic heterocycles. The summed E-state index contributed by atoms with van der Waals surface area (Å²) >= 11 is 0. The predicted molar refractivity (Wildman–Crippen MR) is 71.3 cm³/mol. The van der Waals surface area contributed by atoms with Gasteiger partial charge in [-0.2, -0.15) is 0 Å². The van der Waals surface area contributed by atoms with Gasteiger partial charge >= 0.3 is 11.9 Å². The van der Waals surface area contributed by atoms with Gasteiger partial charge in [0, 0.05) is 12.0 Å². The summed E-state index contributed by atoms with van der Waals surface area (Å²) in [5.74, 6) is -2.17. The molecular weight excluding hydrogens is 262 g/mol. The summed E-state index contributed by atoms with van der Waals surface area (Å²) in [7, 11) is 1.23. The molecule has 1 rings (SSSR count). The summed E-state index contributed by atoms with van der Waals surface area (Å²) in [6.45, 7) is 1.76. The minimum absolute atomic E-state index is 0.0143. The topological polar surface area (TPSA) is 92.7 Å². The lowest BCUT2D eigenvalue weighted by Crippen LogP contribution is -2.41. The molecule has 20 heavy (non-hydrogen) atoms. The number of nitrogens with one attached hydrogen (secondary N) is 1. The van der Waals surface area contributed by atoms with E-state index in [9.17, 15) is 14.4 Å². The molecule has 0 aliphatic carbocycles. The highest BCUT2D eigenvalue weighted by Crippen LogP contribution is 2.08. The van der Waals surface area contributed by atoms with E-state index in [1.165, 1.54) is 7.11 Å². The molecule has 0 aliphatic rings. The van der Waals surface area contributed by atoms with Gasteiger partial charge in [0.25, 0.3) is 5.91 Å². The number of aliphatic carboxylic acids is 1. The smallest absolute Gasteiger partial charge is 0.326 e. The Labute approximate surface area is 116 Å². The largest absolute Gasteiger partial charge is 0.480 e. The van der Waals surface area contributed by atoms with Crippen LogP contribution in [-0.4, -0.2) is 36.1 Å². The maximum absolute atomic E-state index is 12.0. The van der Waals surface area contributed by atoms with E-state index in [1.807, 2.05) is 0 Å². The number of carbonyl (C=O) groups is 3. The second kappa shape index (κ2) is 7.28. The minimum Gasteiger partial charge on any atom is -0.480 e. The number of esters is 1. The molecule has 0 spiro atoms. The van der Waals surface area contributed by atoms with Crippen LogP contribution in [0.1, 0.15) is 28.8 Å². The number of methoxy groups -OCH3 is 1. The Morgan fingerprint density at radius 3 is 2.50 bits per heavy atom. The Morgan fingerprint density at radius 2 is 1.95 bits per heavy atom. The first-order valence-electron chi connectivity index (χ1n) is 6.11. The number of carboxylic acid groups (broad SMARTS) is 1. The van der Waals surface area contributed by atoms with Crippen LogP contribution in [0.4, 0.5) is 0 Å². The quantitative estimate of drug-likeness (QED) is 0.761. The standard InChI is InChI=1S/C14H17NO5/c1-9-5-3-4-6-10(9)13(17)15-11(14(18)19)7-8-12(16)20-2/h3-6,11H,7-8H2,1-2H3,(H,15,17)(H,18,19)/t11-/m0/s1. The van der Waals surface area contributed by atoms with E-state index >= 15 is 0 Å². The van der Waals surface area contributed by atoms with Gasteiger partial charge in [-0.3, -0.25) is 9.59 Å². The van der Waals surface area contributed by atoms with Crippen molar-refractivity contribution in [3.05, 3.63) is 35.4 Å². The van der Waals surface area contributed by atoms with Crippen LogP contribution in [0.25, 0.3) is 0 Å². The zero-order valence-electron chi connectivity index (χ0n) is 11.4. The number of benzene rings is 1. The fourth-order valence-electron chi connectivity index (χ4n) is 1.69. The number of rotatable bonds is 6. The molecule has 1 aromatic rings. The minimum atomic E-state index is -1.18. The fraction of sp³-hybridized carbons (Fsp3) is 0.357. The zero-order valence-corrected chi connectivity index (χ0v) is 11.4. The van der Waals surface area contributed by atoms with Crippen molar-refractivity contribution < 1.29 is 24.2 Å². The van der Waals surface area contributed by atoms with Crippen LogP contribution in [0.15, 0.2) is 24.3 Å². The molecule has 0 fully saturated rings. The lowest BCUT2D eigenvalue weighted by molar-refractivity contribution is -0.142. The molecule has 0 unspecified atom stereocenters. The molecule has 0 heterocycles. The second-order valence-corrected chi connectivity index (χ2v) is 4.29. The van der Waals surface area contributed by atoms with Crippen molar-refractivity contribution >= 4 is 17.8 Å². The molecule has 0 aromatic heterocycles. The van der Waals surface area contributed by atoms with Gasteiger partial charge in [0.15, 0.2) is 0 Å². The molecule has 0 saturated carbocycles. The molecule has 1 atom stereocenters. The molecule has 6 heteroatoms. The number of ether oxygens (including phenoxy) is 1. The summed E-state index contributed by atoms with van der Waals surface area (Å²) in [5.41, 5.74) is 1.17. The van der Waals surface area contributed by atoms with Crippen LogP contribution in [0.3, 0.4) is 0 Å². The Kier molecular flexibility index (Phi) is 5.71. The first kappa shape index (κ1) is 15.7. The number of carboxylic acids is 1. The molecule has 6 nitrogen and oxygen atoms in total. The molecule has 108 valence electrons. The van der Waals surface area contributed by atoms with Gasteiger partial charge in [-0.05, 0) is 25.0 Å². The van der Waals surface area contributed by atoms with Crippen LogP contribution >= 0.6 is 0 Å². The highest BCUT2D eigenvalue weighted by atomic mass is 16.5. The summed E-state index contributed by atoms with van der Waals surface area (Å²) in [5, 5.41) is 11.5. The number of carbonyl (C=O) groups excluding carboxylic acids is 2.